The quantitative estimate of drug-likeness (QED) is 0.819. The molecule has 0 unspecified atom stereocenters. The highest BCUT2D eigenvalue weighted by molar-refractivity contribution is 5.92. The number of ether oxygens (including phenoxy) is 1. The molecule has 0 saturated carbocycles. The minimum Gasteiger partial charge on any atom is -0.497 e. The van der Waals surface area contributed by atoms with Crippen molar-refractivity contribution in [2.75, 3.05) is 20.2 Å². The number of β-amino-alcohol motifs (C(OH)–C–C–N with tert-alkyl or cyclic N) is 1. The van der Waals surface area contributed by atoms with E-state index in [0.717, 1.165) is 11.3 Å². The second kappa shape index (κ2) is 5.69. The van der Waals surface area contributed by atoms with Crippen LogP contribution in [0.1, 0.15) is 12.0 Å². The van der Waals surface area contributed by atoms with Gasteiger partial charge in [-0.15, -0.1) is 0 Å². The Bertz CT molecular complexity index is 456. The summed E-state index contributed by atoms with van der Waals surface area (Å²) in [5.41, 5.74) is 0.919. The maximum absolute atomic E-state index is 11.8. The summed E-state index contributed by atoms with van der Waals surface area (Å²) in [7, 11) is 1.61. The third-order valence-corrected chi connectivity index (χ3v) is 2.99. The van der Waals surface area contributed by atoms with Crippen LogP contribution in [0.4, 0.5) is 0 Å². The summed E-state index contributed by atoms with van der Waals surface area (Å²) in [6.45, 7) is 1.06. The molecule has 96 valence electrons. The van der Waals surface area contributed by atoms with Crippen LogP contribution in [0.2, 0.25) is 0 Å². The number of amides is 1. The predicted octanol–water partition coefficient (Wildman–Crippen LogP) is 1.30. The van der Waals surface area contributed by atoms with E-state index in [0.29, 0.717) is 19.5 Å². The molecule has 0 bridgehead atoms. The Kier molecular flexibility index (Phi) is 3.99. The summed E-state index contributed by atoms with van der Waals surface area (Å²) < 4.78 is 5.11. The second-order valence-corrected chi connectivity index (χ2v) is 4.34. The normalized spacial score (nSPS) is 19.4. The predicted molar refractivity (Wildman–Crippen MR) is 69.2 cm³/mol. The monoisotopic (exact) mass is 247 g/mol. The lowest BCUT2D eigenvalue weighted by molar-refractivity contribution is -0.125. The van der Waals surface area contributed by atoms with Gasteiger partial charge >= 0.3 is 0 Å². The van der Waals surface area contributed by atoms with Crippen LogP contribution in [0.5, 0.6) is 5.75 Å². The summed E-state index contributed by atoms with van der Waals surface area (Å²) in [5, 5.41) is 9.37. The fourth-order valence-corrected chi connectivity index (χ4v) is 1.96. The summed E-state index contributed by atoms with van der Waals surface area (Å²) >= 11 is 0. The number of hydrogen-bond donors (Lipinski definition) is 1. The zero-order valence-electron chi connectivity index (χ0n) is 10.4. The Morgan fingerprint density at radius 3 is 3.06 bits per heavy atom. The number of likely N-dealkylation sites (tertiary alicyclic amines) is 1. The maximum Gasteiger partial charge on any atom is 0.246 e. The first-order chi connectivity index (χ1) is 8.69. The Morgan fingerprint density at radius 2 is 2.39 bits per heavy atom. The molecule has 1 aromatic carbocycles. The van der Waals surface area contributed by atoms with Crippen LogP contribution in [-0.2, 0) is 4.79 Å². The average molecular weight is 247 g/mol. The molecule has 1 heterocycles. The Morgan fingerprint density at radius 1 is 1.56 bits per heavy atom. The Labute approximate surface area is 106 Å². The molecule has 1 fully saturated rings. The molecule has 4 nitrogen and oxygen atoms in total. The number of hydrogen-bond acceptors (Lipinski definition) is 3. The van der Waals surface area contributed by atoms with Gasteiger partial charge in [-0.1, -0.05) is 12.1 Å². The van der Waals surface area contributed by atoms with E-state index < -0.39 is 0 Å². The Balaban J connectivity index is 1.99. The minimum atomic E-state index is -0.376. The van der Waals surface area contributed by atoms with Gasteiger partial charge in [0.25, 0.3) is 0 Å². The number of rotatable bonds is 3. The minimum absolute atomic E-state index is 0.0608. The van der Waals surface area contributed by atoms with Crippen molar-refractivity contribution in [3.8, 4) is 5.75 Å². The fraction of sp³-hybridized carbons (Fsp3) is 0.357. The topological polar surface area (TPSA) is 49.8 Å². The number of aliphatic hydroxyl groups is 1. The van der Waals surface area contributed by atoms with Gasteiger partial charge in [0, 0.05) is 19.2 Å². The van der Waals surface area contributed by atoms with Gasteiger partial charge in [-0.25, -0.2) is 0 Å². The van der Waals surface area contributed by atoms with Gasteiger partial charge in [0.15, 0.2) is 0 Å². The van der Waals surface area contributed by atoms with E-state index in [4.69, 9.17) is 4.74 Å². The van der Waals surface area contributed by atoms with Crippen molar-refractivity contribution in [2.45, 2.75) is 12.5 Å². The molecular formula is C14H17NO3. The zero-order chi connectivity index (χ0) is 13.0. The van der Waals surface area contributed by atoms with Crippen LogP contribution in [0.3, 0.4) is 0 Å². The van der Waals surface area contributed by atoms with Crippen molar-refractivity contribution >= 4 is 12.0 Å². The molecule has 1 amide bonds. The lowest BCUT2D eigenvalue weighted by Crippen LogP contribution is -2.27. The fourth-order valence-electron chi connectivity index (χ4n) is 1.96. The number of benzene rings is 1. The third-order valence-electron chi connectivity index (χ3n) is 2.99. The van der Waals surface area contributed by atoms with Crippen LogP contribution in [-0.4, -0.2) is 42.2 Å². The molecule has 1 N–H and O–H groups in total. The van der Waals surface area contributed by atoms with Gasteiger partial charge in [0.2, 0.25) is 5.91 Å². The lowest BCUT2D eigenvalue weighted by Gasteiger charge is -2.12. The largest absolute Gasteiger partial charge is 0.497 e. The van der Waals surface area contributed by atoms with Gasteiger partial charge < -0.3 is 14.7 Å². The van der Waals surface area contributed by atoms with Crippen LogP contribution in [0.25, 0.3) is 6.08 Å². The van der Waals surface area contributed by atoms with E-state index >= 15 is 0 Å². The van der Waals surface area contributed by atoms with E-state index in [9.17, 15) is 9.90 Å². The molecule has 1 aliphatic rings. The first-order valence-electron chi connectivity index (χ1n) is 5.98. The van der Waals surface area contributed by atoms with Crippen molar-refractivity contribution in [3.05, 3.63) is 35.9 Å². The molecule has 0 aliphatic carbocycles. The molecular weight excluding hydrogens is 230 g/mol. The molecule has 18 heavy (non-hydrogen) atoms. The summed E-state index contributed by atoms with van der Waals surface area (Å²) in [4.78, 5) is 13.5. The number of nitrogens with zero attached hydrogens (tertiary/aromatic N) is 1. The van der Waals surface area contributed by atoms with Crippen molar-refractivity contribution in [1.29, 1.82) is 0 Å². The van der Waals surface area contributed by atoms with E-state index in [1.165, 1.54) is 6.08 Å². The number of aliphatic hydroxyl groups excluding tert-OH is 1. The summed E-state index contributed by atoms with van der Waals surface area (Å²) in [6.07, 6.45) is 3.58. The lowest BCUT2D eigenvalue weighted by atomic mass is 10.2. The van der Waals surface area contributed by atoms with Gasteiger partial charge in [-0.2, -0.15) is 0 Å². The molecule has 4 heteroatoms. The van der Waals surface area contributed by atoms with E-state index in [1.807, 2.05) is 24.3 Å². The van der Waals surface area contributed by atoms with E-state index in [-0.39, 0.29) is 12.0 Å². The van der Waals surface area contributed by atoms with Crippen molar-refractivity contribution in [3.63, 3.8) is 0 Å². The highest BCUT2D eigenvalue weighted by Gasteiger charge is 2.22. The van der Waals surface area contributed by atoms with E-state index in [2.05, 4.69) is 0 Å². The molecule has 1 aliphatic heterocycles. The molecule has 2 rings (SSSR count). The van der Waals surface area contributed by atoms with Gasteiger partial charge in [-0.05, 0) is 30.2 Å². The van der Waals surface area contributed by atoms with Crippen molar-refractivity contribution < 1.29 is 14.6 Å². The second-order valence-electron chi connectivity index (χ2n) is 4.34. The summed E-state index contributed by atoms with van der Waals surface area (Å²) in [5.74, 6) is 0.704. The van der Waals surface area contributed by atoms with Crippen LogP contribution < -0.4 is 4.74 Å². The summed E-state index contributed by atoms with van der Waals surface area (Å²) in [6, 6.07) is 7.51. The standard InChI is InChI=1S/C14H17NO3/c1-18-13-4-2-3-11(9-13)5-6-14(17)15-8-7-12(16)10-15/h2-6,9,12,16H,7-8,10H2,1H3/t12-/m1/s1. The highest BCUT2D eigenvalue weighted by atomic mass is 16.5. The van der Waals surface area contributed by atoms with Gasteiger partial charge in [-0.3, -0.25) is 4.79 Å². The number of carbonyl (C=O) groups excluding carboxylic acids is 1. The molecule has 1 aromatic rings. The van der Waals surface area contributed by atoms with Gasteiger partial charge in [0.1, 0.15) is 5.75 Å². The maximum atomic E-state index is 11.8. The number of carbonyl (C=O) groups is 1. The SMILES string of the molecule is COc1cccc(C=CC(=O)N2CC[C@@H](O)C2)c1. The van der Waals surface area contributed by atoms with Crippen LogP contribution in [0.15, 0.2) is 30.3 Å². The molecule has 0 aromatic heterocycles. The highest BCUT2D eigenvalue weighted by Crippen LogP contribution is 2.14. The molecule has 1 atom stereocenters. The molecule has 0 spiro atoms. The molecule has 0 radical (unpaired) electrons. The Hall–Kier alpha value is -1.81. The van der Waals surface area contributed by atoms with E-state index in [1.54, 1.807) is 18.1 Å². The smallest absolute Gasteiger partial charge is 0.246 e. The zero-order valence-corrected chi connectivity index (χ0v) is 10.4. The van der Waals surface area contributed by atoms with Crippen molar-refractivity contribution in [1.82, 2.24) is 4.90 Å². The van der Waals surface area contributed by atoms with Crippen LogP contribution >= 0.6 is 0 Å². The number of methoxy groups -OCH3 is 1. The van der Waals surface area contributed by atoms with Crippen LogP contribution in [0, 0.1) is 0 Å². The van der Waals surface area contributed by atoms with Crippen molar-refractivity contribution in [2.24, 2.45) is 0 Å². The average Bonchev–Trinajstić information content (AvgIpc) is 2.83. The molecule has 1 saturated heterocycles. The van der Waals surface area contributed by atoms with Gasteiger partial charge in [0.05, 0.1) is 13.2 Å². The first kappa shape index (κ1) is 12.6. The first-order valence-corrected chi connectivity index (χ1v) is 5.98. The third kappa shape index (κ3) is 3.11.